The number of nitrogens with zero attached hydrogens (tertiary/aromatic N) is 1. The fraction of sp³-hybridized carbons (Fsp3) is 0.700. The summed E-state index contributed by atoms with van der Waals surface area (Å²) in [5.41, 5.74) is -0.545. The van der Waals surface area contributed by atoms with Crippen LogP contribution >= 0.6 is 0 Å². The monoisotopic (exact) mass is 241 g/mol. The molecule has 0 radical (unpaired) electrons. The molecule has 1 aliphatic heterocycles. The van der Waals surface area contributed by atoms with Gasteiger partial charge in [-0.2, -0.15) is 0 Å². The molecule has 7 nitrogen and oxygen atoms in total. The molecule has 17 heavy (non-hydrogen) atoms. The minimum absolute atomic E-state index is 0.0583. The van der Waals surface area contributed by atoms with Crippen molar-refractivity contribution in [2.75, 3.05) is 19.7 Å². The van der Waals surface area contributed by atoms with Crippen LogP contribution in [0.5, 0.6) is 0 Å². The summed E-state index contributed by atoms with van der Waals surface area (Å²) in [6.07, 6.45) is 2.43. The molecule has 2 fully saturated rings. The summed E-state index contributed by atoms with van der Waals surface area (Å²) >= 11 is 0. The van der Waals surface area contributed by atoms with Crippen LogP contribution in [0.4, 0.5) is 4.79 Å². The first kappa shape index (κ1) is 11.8. The normalized spacial score (nSPS) is 22.1. The number of hydrogen-bond acceptors (Lipinski definition) is 4. The summed E-state index contributed by atoms with van der Waals surface area (Å²) in [6.45, 7) is -0.456. The van der Waals surface area contributed by atoms with Crippen molar-refractivity contribution in [2.24, 2.45) is 0 Å². The van der Waals surface area contributed by atoms with Crippen molar-refractivity contribution in [2.45, 2.75) is 24.8 Å². The van der Waals surface area contributed by atoms with E-state index >= 15 is 0 Å². The smallest absolute Gasteiger partial charge is 0.325 e. The number of carbonyl (C=O) groups excluding carboxylic acids is 3. The topological polar surface area (TPSA) is 98.7 Å². The average molecular weight is 241 g/mol. The molecular weight excluding hydrogens is 226 g/mol. The second kappa shape index (κ2) is 4.33. The number of imide groups is 1. The Kier molecular flexibility index (Phi) is 3.01. The van der Waals surface area contributed by atoms with Crippen molar-refractivity contribution >= 4 is 17.8 Å². The molecule has 1 saturated heterocycles. The molecule has 1 saturated carbocycles. The van der Waals surface area contributed by atoms with Gasteiger partial charge in [0.2, 0.25) is 5.91 Å². The first-order valence-corrected chi connectivity index (χ1v) is 5.56. The Morgan fingerprint density at radius 3 is 2.59 bits per heavy atom. The van der Waals surface area contributed by atoms with Crippen molar-refractivity contribution < 1.29 is 19.5 Å². The molecule has 94 valence electrons. The van der Waals surface area contributed by atoms with Crippen LogP contribution in [-0.4, -0.2) is 53.1 Å². The van der Waals surface area contributed by atoms with Gasteiger partial charge in [-0.25, -0.2) is 4.79 Å². The number of nitrogens with one attached hydrogen (secondary N) is 2. The third-order valence-electron chi connectivity index (χ3n) is 3.26. The van der Waals surface area contributed by atoms with E-state index in [1.54, 1.807) is 0 Å². The highest BCUT2D eigenvalue weighted by Gasteiger charge is 2.39. The molecule has 4 amide bonds. The van der Waals surface area contributed by atoms with Crippen molar-refractivity contribution in [1.29, 1.82) is 0 Å². The lowest BCUT2D eigenvalue weighted by Crippen LogP contribution is -2.58. The third kappa shape index (κ3) is 2.23. The minimum Gasteiger partial charge on any atom is -0.394 e. The number of aliphatic hydroxyl groups excluding tert-OH is 1. The van der Waals surface area contributed by atoms with Crippen LogP contribution in [-0.2, 0) is 9.59 Å². The van der Waals surface area contributed by atoms with Gasteiger partial charge in [-0.1, -0.05) is 0 Å². The predicted octanol–water partition coefficient (Wildman–Crippen LogP) is -1.43. The third-order valence-corrected chi connectivity index (χ3v) is 3.26. The quantitative estimate of drug-likeness (QED) is 0.525. The van der Waals surface area contributed by atoms with Gasteiger partial charge in [-0.3, -0.25) is 14.5 Å². The molecule has 0 unspecified atom stereocenters. The Balaban J connectivity index is 1.89. The van der Waals surface area contributed by atoms with E-state index in [1.807, 2.05) is 0 Å². The fourth-order valence-corrected chi connectivity index (χ4v) is 2.02. The van der Waals surface area contributed by atoms with Crippen LogP contribution in [0, 0.1) is 0 Å². The van der Waals surface area contributed by atoms with Crippen LogP contribution in [0.1, 0.15) is 19.3 Å². The molecule has 0 aromatic rings. The molecule has 0 aromatic heterocycles. The van der Waals surface area contributed by atoms with E-state index in [0.717, 1.165) is 24.2 Å². The summed E-state index contributed by atoms with van der Waals surface area (Å²) in [6, 6.07) is -0.545. The van der Waals surface area contributed by atoms with Gasteiger partial charge in [0.1, 0.15) is 6.54 Å². The van der Waals surface area contributed by atoms with Gasteiger partial charge in [0.05, 0.1) is 18.7 Å². The van der Waals surface area contributed by atoms with Crippen LogP contribution < -0.4 is 10.6 Å². The average Bonchev–Trinajstić information content (AvgIpc) is 2.55. The second-order valence-electron chi connectivity index (χ2n) is 4.48. The number of rotatable bonds is 4. The van der Waals surface area contributed by atoms with Crippen LogP contribution in [0.3, 0.4) is 0 Å². The summed E-state index contributed by atoms with van der Waals surface area (Å²) in [7, 11) is 0. The van der Waals surface area contributed by atoms with Gasteiger partial charge >= 0.3 is 6.03 Å². The Labute approximate surface area is 98.2 Å². The summed E-state index contributed by atoms with van der Waals surface area (Å²) in [5, 5.41) is 14.2. The molecule has 0 bridgehead atoms. The maximum atomic E-state index is 11.7. The zero-order valence-electron chi connectivity index (χ0n) is 9.36. The molecule has 2 rings (SSSR count). The fourth-order valence-electron chi connectivity index (χ4n) is 2.02. The predicted molar refractivity (Wildman–Crippen MR) is 56.9 cm³/mol. The SMILES string of the molecule is O=C(CN1C(=O)CNC1=O)NC1(CO)CCC1. The highest BCUT2D eigenvalue weighted by atomic mass is 16.3. The Bertz CT molecular complexity index is 343. The summed E-state index contributed by atoms with van der Waals surface area (Å²) < 4.78 is 0. The van der Waals surface area contributed by atoms with Crippen LogP contribution in [0.2, 0.25) is 0 Å². The van der Waals surface area contributed by atoms with E-state index in [9.17, 15) is 19.5 Å². The zero-order chi connectivity index (χ0) is 12.5. The molecule has 0 spiro atoms. The molecule has 7 heteroatoms. The number of carbonyl (C=O) groups is 3. The lowest BCUT2D eigenvalue weighted by molar-refractivity contribution is -0.132. The summed E-state index contributed by atoms with van der Waals surface area (Å²) in [5.74, 6) is -0.819. The first-order chi connectivity index (χ1) is 8.06. The largest absolute Gasteiger partial charge is 0.394 e. The second-order valence-corrected chi connectivity index (χ2v) is 4.48. The Morgan fingerprint density at radius 2 is 2.18 bits per heavy atom. The zero-order valence-corrected chi connectivity index (χ0v) is 9.36. The molecule has 3 N–H and O–H groups in total. The van der Waals surface area contributed by atoms with Gasteiger partial charge < -0.3 is 15.7 Å². The molecule has 1 heterocycles. The molecular formula is C10H15N3O4. The van der Waals surface area contributed by atoms with Gasteiger partial charge in [0, 0.05) is 0 Å². The van der Waals surface area contributed by atoms with E-state index in [0.29, 0.717) is 0 Å². The highest BCUT2D eigenvalue weighted by molar-refractivity contribution is 6.04. The van der Waals surface area contributed by atoms with E-state index in [2.05, 4.69) is 10.6 Å². The number of aliphatic hydroxyl groups is 1. The van der Waals surface area contributed by atoms with Crippen LogP contribution in [0.25, 0.3) is 0 Å². The van der Waals surface area contributed by atoms with E-state index in [4.69, 9.17) is 0 Å². The van der Waals surface area contributed by atoms with Crippen molar-refractivity contribution in [3.8, 4) is 0 Å². The Hall–Kier alpha value is -1.63. The lowest BCUT2D eigenvalue weighted by Gasteiger charge is -2.41. The van der Waals surface area contributed by atoms with E-state index in [1.165, 1.54) is 0 Å². The van der Waals surface area contributed by atoms with Gasteiger partial charge in [-0.05, 0) is 19.3 Å². The number of hydrogen-bond donors (Lipinski definition) is 3. The minimum atomic E-state index is -0.545. The van der Waals surface area contributed by atoms with Crippen molar-refractivity contribution in [3.63, 3.8) is 0 Å². The standard InChI is InChI=1S/C10H15N3O4/c14-6-10(2-1-3-10)12-7(15)5-13-8(16)4-11-9(13)17/h14H,1-6H2,(H,11,17)(H,12,15). The van der Waals surface area contributed by atoms with E-state index in [-0.39, 0.29) is 19.7 Å². The molecule has 2 aliphatic rings. The maximum Gasteiger partial charge on any atom is 0.325 e. The maximum absolute atomic E-state index is 11.7. The lowest BCUT2D eigenvalue weighted by atomic mass is 9.77. The highest BCUT2D eigenvalue weighted by Crippen LogP contribution is 2.30. The van der Waals surface area contributed by atoms with Gasteiger partial charge in [0.25, 0.3) is 5.91 Å². The van der Waals surface area contributed by atoms with Crippen molar-refractivity contribution in [1.82, 2.24) is 15.5 Å². The molecule has 0 atom stereocenters. The number of amides is 4. The van der Waals surface area contributed by atoms with Gasteiger partial charge in [-0.15, -0.1) is 0 Å². The first-order valence-electron chi connectivity index (χ1n) is 5.56. The van der Waals surface area contributed by atoms with E-state index < -0.39 is 23.4 Å². The Morgan fingerprint density at radius 1 is 1.47 bits per heavy atom. The molecule has 0 aromatic carbocycles. The van der Waals surface area contributed by atoms with Crippen molar-refractivity contribution in [3.05, 3.63) is 0 Å². The summed E-state index contributed by atoms with van der Waals surface area (Å²) in [4.78, 5) is 35.0. The van der Waals surface area contributed by atoms with Crippen LogP contribution in [0.15, 0.2) is 0 Å². The number of urea groups is 1. The van der Waals surface area contributed by atoms with Gasteiger partial charge in [0.15, 0.2) is 0 Å². The molecule has 1 aliphatic carbocycles.